The summed E-state index contributed by atoms with van der Waals surface area (Å²) in [6.07, 6.45) is 2.45. The van der Waals surface area contributed by atoms with Gasteiger partial charge in [0.15, 0.2) is 0 Å². The van der Waals surface area contributed by atoms with Crippen LogP contribution in [-0.4, -0.2) is 80.0 Å². The maximum absolute atomic E-state index is 12.8. The molecule has 2 amide bonds. The summed E-state index contributed by atoms with van der Waals surface area (Å²) in [6.45, 7) is 8.47. The van der Waals surface area contributed by atoms with E-state index in [9.17, 15) is 9.59 Å². The van der Waals surface area contributed by atoms with E-state index in [1.165, 1.54) is 12.8 Å². The van der Waals surface area contributed by atoms with Gasteiger partial charge in [-0.25, -0.2) is 0 Å². The van der Waals surface area contributed by atoms with Gasteiger partial charge in [-0.2, -0.15) is 0 Å². The quantitative estimate of drug-likeness (QED) is 0.773. The van der Waals surface area contributed by atoms with Gasteiger partial charge in [-0.1, -0.05) is 0 Å². The molecule has 25 heavy (non-hydrogen) atoms. The smallest absolute Gasteiger partial charge is 0.239 e. The average molecular weight is 346 g/mol. The summed E-state index contributed by atoms with van der Waals surface area (Å²) in [5, 5.41) is 8.72. The first-order valence-electron chi connectivity index (χ1n) is 9.25. The average Bonchev–Trinajstić information content (AvgIpc) is 3.39. The summed E-state index contributed by atoms with van der Waals surface area (Å²) in [7, 11) is 0. The van der Waals surface area contributed by atoms with Crippen molar-refractivity contribution in [2.45, 2.75) is 51.7 Å². The normalized spacial score (nSPS) is 22.6. The van der Waals surface area contributed by atoms with E-state index < -0.39 is 0 Å². The van der Waals surface area contributed by atoms with Gasteiger partial charge in [-0.05, 0) is 19.8 Å². The molecular weight excluding hydrogens is 320 g/mol. The van der Waals surface area contributed by atoms with Crippen molar-refractivity contribution in [1.82, 2.24) is 29.5 Å². The van der Waals surface area contributed by atoms with Crippen LogP contribution in [0.15, 0.2) is 0 Å². The maximum atomic E-state index is 12.8. The monoisotopic (exact) mass is 346 g/mol. The van der Waals surface area contributed by atoms with Gasteiger partial charge in [-0.3, -0.25) is 14.5 Å². The van der Waals surface area contributed by atoms with E-state index in [1.54, 1.807) is 11.8 Å². The molecule has 1 unspecified atom stereocenters. The SMILES string of the molecule is CC(=O)N1CCN(C(=O)C(C)N2CCn3c(nnc3C3CC3)C2)CC1. The molecule has 1 saturated heterocycles. The molecule has 3 aliphatic rings. The van der Waals surface area contributed by atoms with E-state index in [4.69, 9.17) is 0 Å². The highest BCUT2D eigenvalue weighted by Gasteiger charge is 2.35. The first-order chi connectivity index (χ1) is 12.0. The highest BCUT2D eigenvalue weighted by Crippen LogP contribution is 2.39. The Morgan fingerprint density at radius 1 is 1.00 bits per heavy atom. The molecule has 3 heterocycles. The van der Waals surface area contributed by atoms with E-state index in [0.29, 0.717) is 38.6 Å². The van der Waals surface area contributed by atoms with Gasteiger partial charge in [0.1, 0.15) is 11.6 Å². The predicted octanol–water partition coefficient (Wildman–Crippen LogP) is 0.0503. The number of fused-ring (bicyclic) bond motifs is 1. The minimum Gasteiger partial charge on any atom is -0.339 e. The fourth-order valence-corrected chi connectivity index (χ4v) is 3.84. The fourth-order valence-electron chi connectivity index (χ4n) is 3.84. The van der Waals surface area contributed by atoms with Gasteiger partial charge >= 0.3 is 0 Å². The molecule has 0 radical (unpaired) electrons. The van der Waals surface area contributed by atoms with E-state index in [1.807, 2.05) is 11.8 Å². The lowest BCUT2D eigenvalue weighted by atomic mass is 10.2. The van der Waals surface area contributed by atoms with Crippen LogP contribution in [0.4, 0.5) is 0 Å². The molecule has 0 spiro atoms. The molecule has 1 atom stereocenters. The van der Waals surface area contributed by atoms with Crippen LogP contribution in [0.25, 0.3) is 0 Å². The van der Waals surface area contributed by atoms with Crippen molar-refractivity contribution in [3.05, 3.63) is 11.6 Å². The topological polar surface area (TPSA) is 74.6 Å². The molecule has 1 aliphatic carbocycles. The van der Waals surface area contributed by atoms with Crippen molar-refractivity contribution in [3.63, 3.8) is 0 Å². The minimum absolute atomic E-state index is 0.0852. The number of carbonyl (C=O) groups is 2. The second kappa shape index (κ2) is 6.40. The van der Waals surface area contributed by atoms with Gasteiger partial charge < -0.3 is 14.4 Å². The Bertz CT molecular complexity index is 675. The summed E-state index contributed by atoms with van der Waals surface area (Å²) >= 11 is 0. The molecule has 1 aromatic rings. The van der Waals surface area contributed by atoms with Crippen molar-refractivity contribution in [2.24, 2.45) is 0 Å². The van der Waals surface area contributed by atoms with Crippen LogP contribution in [0, 0.1) is 0 Å². The molecule has 0 N–H and O–H groups in total. The number of piperazine rings is 1. The molecule has 1 aromatic heterocycles. The number of carbonyl (C=O) groups excluding carboxylic acids is 2. The summed E-state index contributed by atoms with van der Waals surface area (Å²) in [6, 6.07) is -0.168. The third-order valence-corrected chi connectivity index (χ3v) is 5.70. The first kappa shape index (κ1) is 16.5. The molecular formula is C17H26N6O2. The van der Waals surface area contributed by atoms with E-state index in [-0.39, 0.29) is 17.9 Å². The Kier molecular flexibility index (Phi) is 4.23. The summed E-state index contributed by atoms with van der Waals surface area (Å²) in [5.74, 6) is 2.95. The number of aromatic nitrogens is 3. The highest BCUT2D eigenvalue weighted by atomic mass is 16.2. The summed E-state index contributed by atoms with van der Waals surface area (Å²) in [4.78, 5) is 30.2. The lowest BCUT2D eigenvalue weighted by Crippen LogP contribution is -2.55. The molecule has 8 nitrogen and oxygen atoms in total. The third kappa shape index (κ3) is 3.15. The maximum Gasteiger partial charge on any atom is 0.239 e. The van der Waals surface area contributed by atoms with Crippen molar-refractivity contribution in [1.29, 1.82) is 0 Å². The molecule has 136 valence electrons. The molecule has 2 fully saturated rings. The number of hydrogen-bond acceptors (Lipinski definition) is 5. The van der Waals surface area contributed by atoms with Crippen LogP contribution in [0.3, 0.4) is 0 Å². The van der Waals surface area contributed by atoms with Crippen LogP contribution in [0.1, 0.15) is 44.3 Å². The van der Waals surface area contributed by atoms with Gasteiger partial charge in [0.05, 0.1) is 12.6 Å². The standard InChI is InChI=1S/C17H26N6O2/c1-12(17(25)21-7-5-20(6-8-21)13(2)24)22-9-10-23-15(11-22)18-19-16(23)14-3-4-14/h12,14H,3-11H2,1-2H3. The van der Waals surface area contributed by atoms with Crippen LogP contribution in [-0.2, 0) is 22.7 Å². The Morgan fingerprint density at radius 2 is 1.68 bits per heavy atom. The molecule has 2 aliphatic heterocycles. The second-order valence-electron chi connectivity index (χ2n) is 7.38. The Balaban J connectivity index is 1.37. The Labute approximate surface area is 147 Å². The minimum atomic E-state index is -0.168. The Hall–Kier alpha value is -1.96. The lowest BCUT2D eigenvalue weighted by molar-refractivity contribution is -0.142. The molecule has 8 heteroatoms. The van der Waals surface area contributed by atoms with Gasteiger partial charge in [0, 0.05) is 52.1 Å². The van der Waals surface area contributed by atoms with E-state index in [2.05, 4.69) is 19.7 Å². The van der Waals surface area contributed by atoms with Crippen molar-refractivity contribution < 1.29 is 9.59 Å². The number of nitrogens with zero attached hydrogens (tertiary/aromatic N) is 6. The van der Waals surface area contributed by atoms with Gasteiger partial charge in [0.2, 0.25) is 11.8 Å². The zero-order chi connectivity index (χ0) is 17.6. The molecule has 4 rings (SSSR count). The molecule has 0 bridgehead atoms. The highest BCUT2D eigenvalue weighted by molar-refractivity contribution is 5.82. The molecule has 0 aromatic carbocycles. The zero-order valence-corrected chi connectivity index (χ0v) is 15.0. The first-order valence-corrected chi connectivity index (χ1v) is 9.25. The second-order valence-corrected chi connectivity index (χ2v) is 7.38. The third-order valence-electron chi connectivity index (χ3n) is 5.70. The lowest BCUT2D eigenvalue weighted by Gasteiger charge is -2.38. The van der Waals surface area contributed by atoms with Crippen LogP contribution in [0.2, 0.25) is 0 Å². The van der Waals surface area contributed by atoms with Crippen LogP contribution >= 0.6 is 0 Å². The van der Waals surface area contributed by atoms with Crippen molar-refractivity contribution in [2.75, 3.05) is 32.7 Å². The van der Waals surface area contributed by atoms with Crippen molar-refractivity contribution in [3.8, 4) is 0 Å². The van der Waals surface area contributed by atoms with Crippen LogP contribution in [0.5, 0.6) is 0 Å². The van der Waals surface area contributed by atoms with Gasteiger partial charge in [-0.15, -0.1) is 10.2 Å². The van der Waals surface area contributed by atoms with Crippen LogP contribution < -0.4 is 0 Å². The zero-order valence-electron chi connectivity index (χ0n) is 15.0. The van der Waals surface area contributed by atoms with E-state index >= 15 is 0 Å². The van der Waals surface area contributed by atoms with Crippen molar-refractivity contribution >= 4 is 11.8 Å². The Morgan fingerprint density at radius 3 is 2.32 bits per heavy atom. The molecule has 1 saturated carbocycles. The predicted molar refractivity (Wildman–Crippen MR) is 90.7 cm³/mol. The van der Waals surface area contributed by atoms with Gasteiger partial charge in [0.25, 0.3) is 0 Å². The summed E-state index contributed by atoms with van der Waals surface area (Å²) < 4.78 is 2.25. The van der Waals surface area contributed by atoms with E-state index in [0.717, 1.165) is 24.7 Å². The largest absolute Gasteiger partial charge is 0.339 e. The fraction of sp³-hybridized carbons (Fsp3) is 0.765. The summed E-state index contributed by atoms with van der Waals surface area (Å²) in [5.41, 5.74) is 0. The number of hydrogen-bond donors (Lipinski definition) is 0. The number of amides is 2. The number of rotatable bonds is 3.